The lowest BCUT2D eigenvalue weighted by atomic mass is 10.2. The molecule has 1 aromatic rings. The summed E-state index contributed by atoms with van der Waals surface area (Å²) < 4.78 is 4.60. The molecule has 0 atom stereocenters. The number of ether oxygens (including phenoxy) is 1. The molecule has 0 saturated carbocycles. The van der Waals surface area contributed by atoms with Gasteiger partial charge in [0.2, 0.25) is 5.91 Å². The van der Waals surface area contributed by atoms with Crippen LogP contribution in [0.1, 0.15) is 10.4 Å². The average Bonchev–Trinajstić information content (AvgIpc) is 2.35. The lowest BCUT2D eigenvalue weighted by Crippen LogP contribution is -2.23. The number of benzene rings is 1. The smallest absolute Gasteiger partial charge is 0.337 e. The average molecular weight is 268 g/mol. The van der Waals surface area contributed by atoms with Gasteiger partial charge >= 0.3 is 5.97 Å². The van der Waals surface area contributed by atoms with E-state index in [1.165, 1.54) is 23.8 Å². The molecule has 0 heterocycles. The molecule has 0 aliphatic rings. The van der Waals surface area contributed by atoms with Crippen LogP contribution in [0, 0.1) is 0 Å². The summed E-state index contributed by atoms with van der Waals surface area (Å²) in [6, 6.07) is 4.90. The normalized spacial score (nSPS) is 9.94. The monoisotopic (exact) mass is 268 g/mol. The van der Waals surface area contributed by atoms with Gasteiger partial charge in [-0.05, 0) is 18.2 Å². The number of amides is 1. The van der Waals surface area contributed by atoms with Gasteiger partial charge in [0.05, 0.1) is 18.4 Å². The first kappa shape index (κ1) is 14.4. The van der Waals surface area contributed by atoms with E-state index < -0.39 is 5.97 Å². The van der Waals surface area contributed by atoms with Crippen molar-refractivity contribution >= 4 is 29.3 Å². The fourth-order valence-corrected chi connectivity index (χ4v) is 2.12. The number of methoxy groups -OCH3 is 1. The SMILES string of the molecule is COC(=O)c1ccc(SCC(=O)N(C)C)c(N)c1. The van der Waals surface area contributed by atoms with E-state index in [1.54, 1.807) is 32.3 Å². The van der Waals surface area contributed by atoms with Crippen molar-refractivity contribution in [2.75, 3.05) is 32.7 Å². The molecule has 0 aliphatic heterocycles. The highest BCUT2D eigenvalue weighted by Crippen LogP contribution is 2.26. The summed E-state index contributed by atoms with van der Waals surface area (Å²) in [5.41, 5.74) is 6.69. The molecule has 98 valence electrons. The molecular formula is C12H16N2O3S. The van der Waals surface area contributed by atoms with Crippen LogP contribution in [-0.2, 0) is 9.53 Å². The highest BCUT2D eigenvalue weighted by atomic mass is 32.2. The number of carbonyl (C=O) groups is 2. The van der Waals surface area contributed by atoms with Gasteiger partial charge in [-0.1, -0.05) is 0 Å². The Morgan fingerprint density at radius 2 is 2.06 bits per heavy atom. The molecule has 0 radical (unpaired) electrons. The summed E-state index contributed by atoms with van der Waals surface area (Å²) in [7, 11) is 4.72. The number of esters is 1. The molecule has 0 fully saturated rings. The Morgan fingerprint density at radius 1 is 1.39 bits per heavy atom. The summed E-state index contributed by atoms with van der Waals surface area (Å²) in [5, 5.41) is 0. The van der Waals surface area contributed by atoms with Crippen molar-refractivity contribution < 1.29 is 14.3 Å². The van der Waals surface area contributed by atoms with Crippen molar-refractivity contribution in [1.82, 2.24) is 4.90 Å². The second kappa shape index (κ2) is 6.30. The van der Waals surface area contributed by atoms with E-state index in [4.69, 9.17) is 5.73 Å². The van der Waals surface area contributed by atoms with E-state index in [1.807, 2.05) is 0 Å². The highest BCUT2D eigenvalue weighted by Gasteiger charge is 2.10. The van der Waals surface area contributed by atoms with Crippen LogP contribution in [0.5, 0.6) is 0 Å². The lowest BCUT2D eigenvalue weighted by Gasteiger charge is -2.11. The molecule has 0 aliphatic carbocycles. The van der Waals surface area contributed by atoms with Gasteiger partial charge in [-0.25, -0.2) is 4.79 Å². The Morgan fingerprint density at radius 3 is 2.56 bits per heavy atom. The molecular weight excluding hydrogens is 252 g/mol. The van der Waals surface area contributed by atoms with Gasteiger partial charge in [0.25, 0.3) is 0 Å². The maximum atomic E-state index is 11.4. The molecule has 0 spiro atoms. The van der Waals surface area contributed by atoms with E-state index >= 15 is 0 Å². The summed E-state index contributed by atoms with van der Waals surface area (Å²) in [6.45, 7) is 0. The van der Waals surface area contributed by atoms with E-state index in [0.29, 0.717) is 17.0 Å². The first-order valence-corrected chi connectivity index (χ1v) is 6.25. The van der Waals surface area contributed by atoms with Crippen LogP contribution in [-0.4, -0.2) is 43.7 Å². The third-order valence-electron chi connectivity index (χ3n) is 2.28. The number of nitrogens with two attached hydrogens (primary N) is 1. The summed E-state index contributed by atoms with van der Waals surface area (Å²) in [6.07, 6.45) is 0. The number of thioether (sulfide) groups is 1. The minimum atomic E-state index is -0.428. The van der Waals surface area contributed by atoms with Crippen molar-refractivity contribution in [2.24, 2.45) is 0 Å². The number of carbonyl (C=O) groups excluding carboxylic acids is 2. The number of nitrogens with zero attached hydrogens (tertiary/aromatic N) is 1. The molecule has 0 bridgehead atoms. The zero-order chi connectivity index (χ0) is 13.7. The second-order valence-corrected chi connectivity index (χ2v) is 4.84. The Bertz CT molecular complexity index is 461. The molecule has 1 rings (SSSR count). The minimum absolute atomic E-state index is 0.0106. The minimum Gasteiger partial charge on any atom is -0.465 e. The van der Waals surface area contributed by atoms with Crippen molar-refractivity contribution in [1.29, 1.82) is 0 Å². The van der Waals surface area contributed by atoms with Crippen LogP contribution in [0.4, 0.5) is 5.69 Å². The van der Waals surface area contributed by atoms with Gasteiger partial charge in [-0.15, -0.1) is 11.8 Å². The molecule has 18 heavy (non-hydrogen) atoms. The number of nitrogen functional groups attached to an aromatic ring is 1. The van der Waals surface area contributed by atoms with Crippen LogP contribution >= 0.6 is 11.8 Å². The summed E-state index contributed by atoms with van der Waals surface area (Å²) in [4.78, 5) is 25.0. The molecule has 6 heteroatoms. The van der Waals surface area contributed by atoms with Crippen molar-refractivity contribution in [2.45, 2.75) is 4.90 Å². The van der Waals surface area contributed by atoms with E-state index in [0.717, 1.165) is 4.90 Å². The van der Waals surface area contributed by atoms with Gasteiger partial charge in [0, 0.05) is 24.7 Å². The Kier molecular flexibility index (Phi) is 5.03. The summed E-state index contributed by atoms with van der Waals surface area (Å²) in [5.74, 6) is -0.103. The lowest BCUT2D eigenvalue weighted by molar-refractivity contribution is -0.125. The number of hydrogen-bond acceptors (Lipinski definition) is 5. The maximum Gasteiger partial charge on any atom is 0.337 e. The fraction of sp³-hybridized carbons (Fsp3) is 0.333. The van der Waals surface area contributed by atoms with Gasteiger partial charge in [-0.2, -0.15) is 0 Å². The maximum absolute atomic E-state index is 11.4. The molecule has 5 nitrogen and oxygen atoms in total. The third-order valence-corrected chi connectivity index (χ3v) is 3.35. The first-order chi connectivity index (χ1) is 8.45. The van der Waals surface area contributed by atoms with Crippen LogP contribution in [0.3, 0.4) is 0 Å². The predicted molar refractivity (Wildman–Crippen MR) is 71.6 cm³/mol. The first-order valence-electron chi connectivity index (χ1n) is 5.26. The third kappa shape index (κ3) is 3.66. The fourth-order valence-electron chi connectivity index (χ4n) is 1.19. The highest BCUT2D eigenvalue weighted by molar-refractivity contribution is 8.00. The van der Waals surface area contributed by atoms with E-state index in [9.17, 15) is 9.59 Å². The zero-order valence-electron chi connectivity index (χ0n) is 10.6. The predicted octanol–water partition coefficient (Wildman–Crippen LogP) is 1.24. The number of hydrogen-bond donors (Lipinski definition) is 1. The van der Waals surface area contributed by atoms with Crippen LogP contribution in [0.15, 0.2) is 23.1 Å². The molecule has 1 aromatic carbocycles. The molecule has 1 amide bonds. The Balaban J connectivity index is 2.74. The standard InChI is InChI=1S/C12H16N2O3S/c1-14(2)11(15)7-18-10-5-4-8(6-9(10)13)12(16)17-3/h4-6H,7,13H2,1-3H3. The molecule has 0 unspecified atom stereocenters. The quantitative estimate of drug-likeness (QED) is 0.505. The van der Waals surface area contributed by atoms with Gasteiger partial charge in [0.1, 0.15) is 0 Å². The van der Waals surface area contributed by atoms with Gasteiger partial charge in [0.15, 0.2) is 0 Å². The van der Waals surface area contributed by atoms with Crippen LogP contribution < -0.4 is 5.73 Å². The van der Waals surface area contributed by atoms with Gasteiger partial charge in [-0.3, -0.25) is 4.79 Å². The van der Waals surface area contributed by atoms with Crippen LogP contribution in [0.2, 0.25) is 0 Å². The van der Waals surface area contributed by atoms with Crippen LogP contribution in [0.25, 0.3) is 0 Å². The largest absolute Gasteiger partial charge is 0.465 e. The van der Waals surface area contributed by atoms with E-state index in [2.05, 4.69) is 4.74 Å². The molecule has 0 saturated heterocycles. The summed E-state index contributed by atoms with van der Waals surface area (Å²) >= 11 is 1.34. The zero-order valence-corrected chi connectivity index (χ0v) is 11.4. The van der Waals surface area contributed by atoms with Gasteiger partial charge < -0.3 is 15.4 Å². The number of anilines is 1. The Hall–Kier alpha value is -1.69. The molecule has 0 aromatic heterocycles. The topological polar surface area (TPSA) is 72.6 Å². The van der Waals surface area contributed by atoms with Crippen molar-refractivity contribution in [3.8, 4) is 0 Å². The van der Waals surface area contributed by atoms with Crippen molar-refractivity contribution in [3.63, 3.8) is 0 Å². The molecule has 2 N–H and O–H groups in total. The Labute approximate surface area is 110 Å². The van der Waals surface area contributed by atoms with Crippen molar-refractivity contribution in [3.05, 3.63) is 23.8 Å². The number of rotatable bonds is 4. The second-order valence-electron chi connectivity index (χ2n) is 3.82. The van der Waals surface area contributed by atoms with E-state index in [-0.39, 0.29) is 5.91 Å².